The lowest BCUT2D eigenvalue weighted by molar-refractivity contribution is 0.410. The Morgan fingerprint density at radius 3 is 3.06 bits per heavy atom. The number of aromatic nitrogens is 1. The molecule has 2 aromatic rings. The van der Waals surface area contributed by atoms with Crippen LogP contribution in [0.4, 0.5) is 0 Å². The second-order valence-electron chi connectivity index (χ2n) is 3.85. The van der Waals surface area contributed by atoms with Crippen LogP contribution in [0.2, 0.25) is 0 Å². The topological polar surface area (TPSA) is 54.4 Å². The molecule has 18 heavy (non-hydrogen) atoms. The van der Waals surface area contributed by atoms with Crippen molar-refractivity contribution in [3.63, 3.8) is 0 Å². The molecule has 1 aromatic heterocycles. The smallest absolute Gasteiger partial charge is 0.120 e. The van der Waals surface area contributed by atoms with E-state index in [2.05, 4.69) is 10.3 Å². The van der Waals surface area contributed by atoms with Crippen molar-refractivity contribution in [2.24, 2.45) is 0 Å². The Morgan fingerprint density at radius 2 is 2.33 bits per heavy atom. The fourth-order valence-corrected chi connectivity index (χ4v) is 2.25. The molecule has 0 bridgehead atoms. The minimum atomic E-state index is 0.289. The standard InChI is InChI=1S/C13H16N2O2S/c1-17-11-2-3-12(16)10(8-11)9-14-5-4-13-15-6-7-18-13/h2-3,6-8,14,16H,4-5,9H2,1H3. The minimum absolute atomic E-state index is 0.289. The van der Waals surface area contributed by atoms with Crippen LogP contribution >= 0.6 is 11.3 Å². The van der Waals surface area contributed by atoms with Gasteiger partial charge in [0.25, 0.3) is 0 Å². The molecule has 0 aliphatic rings. The molecule has 0 unspecified atom stereocenters. The third kappa shape index (κ3) is 3.45. The fraction of sp³-hybridized carbons (Fsp3) is 0.308. The van der Waals surface area contributed by atoms with Crippen LogP contribution in [0.3, 0.4) is 0 Å². The number of ether oxygens (including phenoxy) is 1. The maximum atomic E-state index is 9.71. The molecular formula is C13H16N2O2S. The molecule has 4 nitrogen and oxygen atoms in total. The van der Waals surface area contributed by atoms with E-state index in [1.165, 1.54) is 0 Å². The molecule has 0 spiro atoms. The summed E-state index contributed by atoms with van der Waals surface area (Å²) in [6, 6.07) is 5.23. The number of rotatable bonds is 6. The van der Waals surface area contributed by atoms with E-state index in [4.69, 9.17) is 4.74 Å². The van der Waals surface area contributed by atoms with E-state index >= 15 is 0 Å². The minimum Gasteiger partial charge on any atom is -0.508 e. The zero-order chi connectivity index (χ0) is 12.8. The van der Waals surface area contributed by atoms with Crippen LogP contribution in [0.1, 0.15) is 10.6 Å². The van der Waals surface area contributed by atoms with Gasteiger partial charge in [0, 0.05) is 36.7 Å². The first-order valence-electron chi connectivity index (χ1n) is 5.74. The predicted molar refractivity (Wildman–Crippen MR) is 72.2 cm³/mol. The highest BCUT2D eigenvalue weighted by atomic mass is 32.1. The zero-order valence-electron chi connectivity index (χ0n) is 10.2. The molecule has 1 heterocycles. The van der Waals surface area contributed by atoms with Crippen LogP contribution in [-0.4, -0.2) is 23.7 Å². The first-order chi connectivity index (χ1) is 8.79. The van der Waals surface area contributed by atoms with Crippen molar-refractivity contribution in [1.82, 2.24) is 10.3 Å². The highest BCUT2D eigenvalue weighted by molar-refractivity contribution is 7.09. The van der Waals surface area contributed by atoms with E-state index < -0.39 is 0 Å². The number of phenolic OH excluding ortho intramolecular Hbond substituents is 1. The maximum Gasteiger partial charge on any atom is 0.120 e. The molecule has 1 aromatic carbocycles. The summed E-state index contributed by atoms with van der Waals surface area (Å²) in [4.78, 5) is 4.21. The fourth-order valence-electron chi connectivity index (χ4n) is 1.63. The largest absolute Gasteiger partial charge is 0.508 e. The number of hydrogen-bond acceptors (Lipinski definition) is 5. The van der Waals surface area contributed by atoms with Crippen molar-refractivity contribution in [3.8, 4) is 11.5 Å². The molecule has 0 aliphatic heterocycles. The number of hydrogen-bond donors (Lipinski definition) is 2. The van der Waals surface area contributed by atoms with E-state index in [1.807, 2.05) is 17.6 Å². The molecular weight excluding hydrogens is 248 g/mol. The Hall–Kier alpha value is -1.59. The van der Waals surface area contributed by atoms with Crippen LogP contribution in [0.25, 0.3) is 0 Å². The molecule has 2 rings (SSSR count). The van der Waals surface area contributed by atoms with Gasteiger partial charge in [0.1, 0.15) is 11.5 Å². The second kappa shape index (κ2) is 6.37. The molecule has 0 aliphatic carbocycles. The van der Waals surface area contributed by atoms with Gasteiger partial charge >= 0.3 is 0 Å². The molecule has 96 valence electrons. The van der Waals surface area contributed by atoms with Crippen LogP contribution in [0, 0.1) is 0 Å². The van der Waals surface area contributed by atoms with Crippen molar-refractivity contribution in [3.05, 3.63) is 40.3 Å². The van der Waals surface area contributed by atoms with Gasteiger partial charge in [-0.3, -0.25) is 0 Å². The first kappa shape index (κ1) is 12.9. The number of benzene rings is 1. The van der Waals surface area contributed by atoms with E-state index in [0.717, 1.165) is 29.3 Å². The average Bonchev–Trinajstić information content (AvgIpc) is 2.89. The van der Waals surface area contributed by atoms with Gasteiger partial charge in [-0.1, -0.05) is 0 Å². The van der Waals surface area contributed by atoms with E-state index in [0.29, 0.717) is 6.54 Å². The first-order valence-corrected chi connectivity index (χ1v) is 6.62. The number of thiazole rings is 1. The van der Waals surface area contributed by atoms with Crippen LogP contribution in [-0.2, 0) is 13.0 Å². The van der Waals surface area contributed by atoms with Crippen LogP contribution in [0.15, 0.2) is 29.8 Å². The van der Waals surface area contributed by atoms with Gasteiger partial charge in [-0.2, -0.15) is 0 Å². The van der Waals surface area contributed by atoms with Crippen molar-refractivity contribution in [2.45, 2.75) is 13.0 Å². The lowest BCUT2D eigenvalue weighted by atomic mass is 10.2. The van der Waals surface area contributed by atoms with Crippen LogP contribution in [0.5, 0.6) is 11.5 Å². The third-order valence-corrected chi connectivity index (χ3v) is 3.44. The maximum absolute atomic E-state index is 9.71. The number of aromatic hydroxyl groups is 1. The van der Waals surface area contributed by atoms with Gasteiger partial charge in [0.2, 0.25) is 0 Å². The number of nitrogens with one attached hydrogen (secondary N) is 1. The van der Waals surface area contributed by atoms with Gasteiger partial charge in [0.15, 0.2) is 0 Å². The molecule has 0 saturated heterocycles. The Morgan fingerprint density at radius 1 is 1.44 bits per heavy atom. The zero-order valence-corrected chi connectivity index (χ0v) is 11.0. The summed E-state index contributed by atoms with van der Waals surface area (Å²) in [6.07, 6.45) is 2.72. The summed E-state index contributed by atoms with van der Waals surface area (Å²) >= 11 is 1.66. The summed E-state index contributed by atoms with van der Waals surface area (Å²) in [6.45, 7) is 1.46. The second-order valence-corrected chi connectivity index (χ2v) is 4.83. The third-order valence-electron chi connectivity index (χ3n) is 2.60. The number of nitrogens with zero attached hydrogens (tertiary/aromatic N) is 1. The van der Waals surface area contributed by atoms with Crippen molar-refractivity contribution in [2.75, 3.05) is 13.7 Å². The molecule has 0 saturated carbocycles. The van der Waals surface area contributed by atoms with Gasteiger partial charge in [0.05, 0.1) is 12.1 Å². The number of phenols is 1. The Labute approximate surface area is 110 Å². The van der Waals surface area contributed by atoms with Gasteiger partial charge in [-0.05, 0) is 18.2 Å². The predicted octanol–water partition coefficient (Wildman–Crippen LogP) is 2.19. The average molecular weight is 264 g/mol. The summed E-state index contributed by atoms with van der Waals surface area (Å²) in [5.74, 6) is 1.04. The number of methoxy groups -OCH3 is 1. The highest BCUT2D eigenvalue weighted by Crippen LogP contribution is 2.22. The van der Waals surface area contributed by atoms with Gasteiger partial charge < -0.3 is 15.2 Å². The van der Waals surface area contributed by atoms with Crippen molar-refractivity contribution >= 4 is 11.3 Å². The SMILES string of the molecule is COc1ccc(O)c(CNCCc2nccs2)c1. The Bertz CT molecular complexity index is 486. The van der Waals surface area contributed by atoms with Gasteiger partial charge in [-0.25, -0.2) is 4.98 Å². The Balaban J connectivity index is 1.82. The quantitative estimate of drug-likeness (QED) is 0.785. The molecule has 0 amide bonds. The highest BCUT2D eigenvalue weighted by Gasteiger charge is 2.03. The van der Waals surface area contributed by atoms with Gasteiger partial charge in [-0.15, -0.1) is 11.3 Å². The molecule has 2 N–H and O–H groups in total. The monoisotopic (exact) mass is 264 g/mol. The van der Waals surface area contributed by atoms with Crippen molar-refractivity contribution in [1.29, 1.82) is 0 Å². The van der Waals surface area contributed by atoms with E-state index in [9.17, 15) is 5.11 Å². The van der Waals surface area contributed by atoms with E-state index in [-0.39, 0.29) is 5.75 Å². The lowest BCUT2D eigenvalue weighted by Crippen LogP contribution is -2.16. The molecule has 0 radical (unpaired) electrons. The summed E-state index contributed by atoms with van der Waals surface area (Å²) < 4.78 is 5.13. The summed E-state index contributed by atoms with van der Waals surface area (Å²) in [5.41, 5.74) is 0.841. The molecule has 0 fully saturated rings. The van der Waals surface area contributed by atoms with Crippen molar-refractivity contribution < 1.29 is 9.84 Å². The normalized spacial score (nSPS) is 10.5. The van der Waals surface area contributed by atoms with Crippen LogP contribution < -0.4 is 10.1 Å². The molecule has 0 atom stereocenters. The Kier molecular flexibility index (Phi) is 4.55. The lowest BCUT2D eigenvalue weighted by Gasteiger charge is -2.08. The van der Waals surface area contributed by atoms with E-state index in [1.54, 1.807) is 30.6 Å². The molecule has 5 heteroatoms. The summed E-state index contributed by atoms with van der Waals surface area (Å²) in [7, 11) is 1.62. The summed E-state index contributed by atoms with van der Waals surface area (Å²) in [5, 5.41) is 16.1.